The normalized spacial score (nSPS) is 20.0. The van der Waals surface area contributed by atoms with Crippen molar-refractivity contribution in [2.24, 2.45) is 0 Å². The van der Waals surface area contributed by atoms with Crippen molar-refractivity contribution in [3.63, 3.8) is 0 Å². The molecule has 1 aliphatic carbocycles. The van der Waals surface area contributed by atoms with E-state index in [0.29, 0.717) is 0 Å². The number of carbonyl (C=O) groups excluding carboxylic acids is 2. The van der Waals surface area contributed by atoms with Gasteiger partial charge in [-0.25, -0.2) is 13.8 Å². The molecule has 0 aromatic carbocycles. The monoisotopic (exact) mass is 514 g/mol. The number of carbonyl (C=O) groups is 2. The molecule has 0 N–H and O–H groups in total. The maximum Gasteiger partial charge on any atom is 0.420 e. The predicted octanol–water partition coefficient (Wildman–Crippen LogP) is 3.85. The first kappa shape index (κ1) is 21.3. The van der Waals surface area contributed by atoms with Crippen molar-refractivity contribution >= 4 is 45.0 Å². The number of rotatable bonds is 2. The topological polar surface area (TPSA) is 57.9 Å². The van der Waals surface area contributed by atoms with Crippen LogP contribution >= 0.6 is 27.5 Å². The number of fused-ring (bicyclic) bond motifs is 1. The van der Waals surface area contributed by atoms with E-state index in [1.807, 2.05) is 0 Å². The lowest BCUT2D eigenvalue weighted by Crippen LogP contribution is -2.60. The Morgan fingerprint density at radius 2 is 1.93 bits per heavy atom. The highest BCUT2D eigenvalue weighted by Crippen LogP contribution is 2.41. The molecule has 2 fully saturated rings. The van der Waals surface area contributed by atoms with Crippen LogP contribution in [0.4, 0.5) is 22.0 Å². The molecule has 162 valence electrons. The van der Waals surface area contributed by atoms with Gasteiger partial charge >= 0.3 is 6.18 Å². The first-order valence-corrected chi connectivity index (χ1v) is 9.95. The molecule has 0 bridgehead atoms. The summed E-state index contributed by atoms with van der Waals surface area (Å²) < 4.78 is 67.2. The van der Waals surface area contributed by atoms with E-state index in [2.05, 4.69) is 20.9 Å². The smallest absolute Gasteiger partial charge is 0.336 e. The summed E-state index contributed by atoms with van der Waals surface area (Å²) in [5.41, 5.74) is -2.04. The molecule has 13 heteroatoms. The highest BCUT2D eigenvalue weighted by atomic mass is 79.9. The van der Waals surface area contributed by atoms with Gasteiger partial charge in [0.05, 0.1) is 5.56 Å². The van der Waals surface area contributed by atoms with Gasteiger partial charge in [-0.1, -0.05) is 11.6 Å². The van der Waals surface area contributed by atoms with E-state index < -0.39 is 59.7 Å². The van der Waals surface area contributed by atoms with Gasteiger partial charge in [0.2, 0.25) is 5.91 Å². The minimum atomic E-state index is -4.73. The molecule has 0 atom stereocenters. The summed E-state index contributed by atoms with van der Waals surface area (Å²) >= 11 is 9.10. The van der Waals surface area contributed by atoms with Crippen LogP contribution in [0.1, 0.15) is 28.9 Å². The summed E-state index contributed by atoms with van der Waals surface area (Å²) in [7, 11) is 0. The minimum absolute atomic E-state index is 0.0344. The summed E-state index contributed by atoms with van der Waals surface area (Å²) in [6.07, 6.45) is -4.32. The molecule has 2 aromatic rings. The van der Waals surface area contributed by atoms with Crippen molar-refractivity contribution in [3.8, 4) is 0 Å². The number of amides is 2. The van der Waals surface area contributed by atoms with Crippen LogP contribution in [0.25, 0.3) is 5.65 Å². The first-order chi connectivity index (χ1) is 13.9. The van der Waals surface area contributed by atoms with Gasteiger partial charge in [-0.15, -0.1) is 0 Å². The Hall–Kier alpha value is -1.95. The van der Waals surface area contributed by atoms with Crippen molar-refractivity contribution in [1.29, 1.82) is 0 Å². The fourth-order valence-electron chi connectivity index (χ4n) is 3.67. The summed E-state index contributed by atoms with van der Waals surface area (Å²) in [6.45, 7) is -0.302. The number of imidazole rings is 1. The van der Waals surface area contributed by atoms with Gasteiger partial charge in [0.1, 0.15) is 11.7 Å². The summed E-state index contributed by atoms with van der Waals surface area (Å²) in [5.74, 6) is -4.10. The highest BCUT2D eigenvalue weighted by Gasteiger charge is 2.50. The van der Waals surface area contributed by atoms with Gasteiger partial charge < -0.3 is 9.80 Å². The second kappa shape index (κ2) is 7.04. The van der Waals surface area contributed by atoms with Crippen LogP contribution in [-0.2, 0) is 11.0 Å². The molecule has 2 aromatic heterocycles. The van der Waals surface area contributed by atoms with Gasteiger partial charge in [-0.05, 0) is 22.0 Å². The van der Waals surface area contributed by atoms with Crippen molar-refractivity contribution in [3.05, 3.63) is 33.1 Å². The quantitative estimate of drug-likeness (QED) is 0.571. The van der Waals surface area contributed by atoms with Crippen LogP contribution in [0.15, 0.2) is 16.7 Å². The van der Waals surface area contributed by atoms with E-state index in [-0.39, 0.29) is 29.3 Å². The second-order valence-corrected chi connectivity index (χ2v) is 8.52. The molecule has 0 spiro atoms. The van der Waals surface area contributed by atoms with Crippen LogP contribution in [0.5, 0.6) is 0 Å². The second-order valence-electron chi connectivity index (χ2n) is 7.25. The average molecular weight is 516 g/mol. The number of hydrogen-bond acceptors (Lipinski definition) is 3. The maximum absolute atomic E-state index is 13.3. The molecule has 2 aliphatic rings. The molecule has 1 aliphatic heterocycles. The third kappa shape index (κ3) is 3.64. The van der Waals surface area contributed by atoms with E-state index in [9.17, 15) is 31.5 Å². The number of hydrogen-bond donors (Lipinski definition) is 0. The molecule has 2 amide bonds. The van der Waals surface area contributed by atoms with Crippen molar-refractivity contribution in [2.45, 2.75) is 31.0 Å². The van der Waals surface area contributed by atoms with E-state index in [1.165, 1.54) is 11.1 Å². The molecule has 30 heavy (non-hydrogen) atoms. The lowest BCUT2D eigenvalue weighted by Gasteiger charge is -2.45. The Bertz CT molecular complexity index is 1050. The number of alkyl halides is 5. The molecule has 3 heterocycles. The van der Waals surface area contributed by atoms with Gasteiger partial charge in [-0.3, -0.25) is 14.0 Å². The zero-order valence-electron chi connectivity index (χ0n) is 15.0. The van der Waals surface area contributed by atoms with E-state index in [0.717, 1.165) is 15.4 Å². The number of nitrogens with zero attached hydrogens (tertiary/aromatic N) is 4. The third-order valence-electron chi connectivity index (χ3n) is 5.19. The number of halogens is 7. The minimum Gasteiger partial charge on any atom is -0.336 e. The summed E-state index contributed by atoms with van der Waals surface area (Å²) in [4.78, 5) is 31.4. The van der Waals surface area contributed by atoms with E-state index in [4.69, 9.17) is 11.6 Å². The number of piperazine rings is 1. The van der Waals surface area contributed by atoms with Gasteiger partial charge in [0.25, 0.3) is 11.8 Å². The molecular weight excluding hydrogens is 503 g/mol. The Morgan fingerprint density at radius 3 is 2.50 bits per heavy atom. The van der Waals surface area contributed by atoms with Crippen LogP contribution < -0.4 is 0 Å². The van der Waals surface area contributed by atoms with Crippen molar-refractivity contribution < 1.29 is 31.5 Å². The Balaban J connectivity index is 1.59. The first-order valence-electron chi connectivity index (χ1n) is 8.78. The largest absolute Gasteiger partial charge is 0.420 e. The van der Waals surface area contributed by atoms with Crippen molar-refractivity contribution in [2.75, 3.05) is 19.6 Å². The number of pyridine rings is 1. The van der Waals surface area contributed by atoms with E-state index in [1.54, 1.807) is 0 Å². The Morgan fingerprint density at radius 1 is 1.27 bits per heavy atom. The Kier molecular flexibility index (Phi) is 5.00. The average Bonchev–Trinajstić information content (AvgIpc) is 2.94. The fourth-order valence-corrected chi connectivity index (χ4v) is 4.36. The fraction of sp³-hybridized carbons (Fsp3) is 0.471. The summed E-state index contributed by atoms with van der Waals surface area (Å²) in [6, 6.07) is 0.249. The highest BCUT2D eigenvalue weighted by molar-refractivity contribution is 9.10. The molecule has 6 nitrogen and oxygen atoms in total. The standard InChI is InChI=1S/C17H13BrClF5N4O2/c18-8-3-10(17(22,23)24)14-25-12(13(19)28(14)6-8)15(30)26-1-2-27(11(29)7-26)9-4-16(20,21)5-9/h3,6,9H,1-2,4-5,7H2. The molecule has 1 saturated carbocycles. The van der Waals surface area contributed by atoms with Crippen LogP contribution in [-0.4, -0.2) is 62.6 Å². The predicted molar refractivity (Wildman–Crippen MR) is 98.5 cm³/mol. The Labute approximate surface area is 179 Å². The molecule has 4 rings (SSSR count). The maximum atomic E-state index is 13.3. The molecular formula is C17H13BrClF5N4O2. The lowest BCUT2D eigenvalue weighted by molar-refractivity contribution is -0.157. The molecule has 0 unspecified atom stereocenters. The lowest BCUT2D eigenvalue weighted by atomic mass is 9.86. The third-order valence-corrected chi connectivity index (χ3v) is 5.98. The molecule has 0 radical (unpaired) electrons. The zero-order valence-corrected chi connectivity index (χ0v) is 17.4. The SMILES string of the molecule is O=C(c1nc2c(C(F)(F)F)cc(Br)cn2c1Cl)N1CCN(C2CC(F)(F)C2)C(=O)C1. The van der Waals surface area contributed by atoms with Crippen LogP contribution in [0.2, 0.25) is 5.15 Å². The van der Waals surface area contributed by atoms with Crippen LogP contribution in [0, 0.1) is 0 Å². The zero-order chi connectivity index (χ0) is 22.0. The van der Waals surface area contributed by atoms with Gasteiger partial charge in [0.15, 0.2) is 11.3 Å². The van der Waals surface area contributed by atoms with Gasteiger partial charge in [-0.2, -0.15) is 13.2 Å². The van der Waals surface area contributed by atoms with Gasteiger partial charge in [0, 0.05) is 42.6 Å². The van der Waals surface area contributed by atoms with Crippen molar-refractivity contribution in [1.82, 2.24) is 19.2 Å². The van der Waals surface area contributed by atoms with Crippen LogP contribution in [0.3, 0.4) is 0 Å². The number of aromatic nitrogens is 2. The molecule has 1 saturated heterocycles. The summed E-state index contributed by atoms with van der Waals surface area (Å²) in [5, 5.41) is -0.324. The van der Waals surface area contributed by atoms with E-state index >= 15 is 0 Å².